The zero-order valence-corrected chi connectivity index (χ0v) is 23.2. The molecule has 0 amide bonds. The van der Waals surface area contributed by atoms with Gasteiger partial charge in [0.2, 0.25) is 0 Å². The van der Waals surface area contributed by atoms with Gasteiger partial charge in [0.1, 0.15) is 0 Å². The largest absolute Gasteiger partial charge is 1.00 e. The van der Waals surface area contributed by atoms with Gasteiger partial charge in [0, 0.05) is 35.6 Å². The Morgan fingerprint density at radius 2 is 1.14 bits per heavy atom. The summed E-state index contributed by atoms with van der Waals surface area (Å²) in [6.45, 7) is 3.23. The molecular formula is C30H27LiN6O5. The molecular weight excluding hydrogens is 531 g/mol. The molecule has 0 saturated carbocycles. The van der Waals surface area contributed by atoms with E-state index >= 15 is 0 Å². The van der Waals surface area contributed by atoms with Crippen molar-refractivity contribution in [1.29, 1.82) is 0 Å². The van der Waals surface area contributed by atoms with Gasteiger partial charge in [-0.2, -0.15) is 10.2 Å². The van der Waals surface area contributed by atoms with Crippen molar-refractivity contribution in [3.63, 3.8) is 0 Å². The number of aromatic carboxylic acids is 1. The van der Waals surface area contributed by atoms with E-state index in [9.17, 15) is 14.7 Å². The van der Waals surface area contributed by atoms with E-state index in [-0.39, 0.29) is 36.0 Å². The zero-order chi connectivity index (χ0) is 27.9. The molecule has 0 aliphatic carbocycles. The molecule has 0 aliphatic heterocycles. The average Bonchev–Trinajstić information content (AvgIpc) is 3.54. The van der Waals surface area contributed by atoms with Crippen molar-refractivity contribution in [2.45, 2.75) is 20.0 Å². The molecule has 0 saturated heterocycles. The first-order chi connectivity index (χ1) is 19.5. The van der Waals surface area contributed by atoms with Gasteiger partial charge in [-0.15, -0.1) is 0 Å². The molecule has 2 N–H and O–H groups in total. The summed E-state index contributed by atoms with van der Waals surface area (Å²) in [5, 5.41) is 19.2. The average molecular weight is 559 g/mol. The maximum absolute atomic E-state index is 12.0. The van der Waals surface area contributed by atoms with Gasteiger partial charge in [0.25, 0.3) is 0 Å². The molecule has 2 aromatic carbocycles. The second-order valence-corrected chi connectivity index (χ2v) is 8.78. The summed E-state index contributed by atoms with van der Waals surface area (Å²) < 4.78 is 8.59. The van der Waals surface area contributed by atoms with Crippen LogP contribution in [0.5, 0.6) is 0 Å². The number of carbonyl (C=O) groups excluding carboxylic acids is 1. The second kappa shape index (κ2) is 14.7. The summed E-state index contributed by atoms with van der Waals surface area (Å²) >= 11 is 0. The molecule has 6 rings (SSSR count). The van der Waals surface area contributed by atoms with Crippen molar-refractivity contribution in [1.82, 2.24) is 29.5 Å². The molecule has 4 heterocycles. The van der Waals surface area contributed by atoms with Crippen LogP contribution in [0.1, 0.15) is 39.0 Å². The fourth-order valence-corrected chi connectivity index (χ4v) is 4.33. The van der Waals surface area contributed by atoms with Crippen molar-refractivity contribution >= 4 is 33.7 Å². The number of carboxylic acids is 1. The van der Waals surface area contributed by atoms with Gasteiger partial charge in [-0.25, -0.2) is 9.59 Å². The second-order valence-electron chi connectivity index (χ2n) is 8.78. The molecule has 0 fully saturated rings. The Balaban J connectivity index is 0.000000221. The fraction of sp³-hybridized carbons (Fsp3) is 0.133. The van der Waals surface area contributed by atoms with E-state index in [1.54, 1.807) is 42.5 Å². The van der Waals surface area contributed by atoms with E-state index < -0.39 is 5.97 Å². The molecule has 4 aromatic heterocycles. The third-order valence-electron chi connectivity index (χ3n) is 6.15. The monoisotopic (exact) mass is 558 g/mol. The van der Waals surface area contributed by atoms with Crippen molar-refractivity contribution < 1.29 is 43.8 Å². The number of pyridine rings is 2. The van der Waals surface area contributed by atoms with Crippen LogP contribution in [-0.2, 0) is 17.8 Å². The van der Waals surface area contributed by atoms with E-state index in [0.717, 1.165) is 27.5 Å². The zero-order valence-electron chi connectivity index (χ0n) is 23.2. The Bertz CT molecular complexity index is 1770. The quantitative estimate of drug-likeness (QED) is 0.227. The van der Waals surface area contributed by atoms with E-state index in [0.29, 0.717) is 30.8 Å². The number of carbonyl (C=O) groups is 2. The molecule has 11 nitrogen and oxygen atoms in total. The van der Waals surface area contributed by atoms with Gasteiger partial charge in [-0.3, -0.25) is 19.3 Å². The third-order valence-corrected chi connectivity index (χ3v) is 6.15. The first kappa shape index (κ1) is 31.7. The normalized spacial score (nSPS) is 10.2. The van der Waals surface area contributed by atoms with Crippen LogP contribution in [0.2, 0.25) is 0 Å². The first-order valence-corrected chi connectivity index (χ1v) is 12.6. The number of ether oxygens (including phenoxy) is 1. The number of aromatic nitrogens is 6. The number of hydrogen-bond donors (Lipinski definition) is 1. The number of fused-ring (bicyclic) bond motifs is 2. The molecule has 208 valence electrons. The van der Waals surface area contributed by atoms with Gasteiger partial charge in [-0.05, 0) is 54.4 Å². The summed E-state index contributed by atoms with van der Waals surface area (Å²) in [7, 11) is 0. The predicted molar refractivity (Wildman–Crippen MR) is 151 cm³/mol. The summed E-state index contributed by atoms with van der Waals surface area (Å²) in [5.41, 5.74) is 4.29. The van der Waals surface area contributed by atoms with E-state index in [2.05, 4.69) is 20.2 Å². The number of carboxylic acid groups (broad SMARTS) is 1. The molecule has 0 radical (unpaired) electrons. The summed E-state index contributed by atoms with van der Waals surface area (Å²) in [6, 6.07) is 22.6. The van der Waals surface area contributed by atoms with Crippen LogP contribution in [-0.4, -0.2) is 58.7 Å². The van der Waals surface area contributed by atoms with Gasteiger partial charge in [0.05, 0.1) is 30.7 Å². The summed E-state index contributed by atoms with van der Waals surface area (Å²) in [5.74, 6) is -1.40. The Hall–Kier alpha value is -4.82. The van der Waals surface area contributed by atoms with Crippen LogP contribution in [0.3, 0.4) is 0 Å². The SMILES string of the molecule is CCOC(=O)c1nn(Cc2ccncc2)c2ccccc12.O=C(O)c1nn(Cc2ccncc2)c2ccccc12.[Li+].[OH-]. The Morgan fingerprint density at radius 1 is 0.714 bits per heavy atom. The Kier molecular flexibility index (Phi) is 11.1. The molecule has 0 spiro atoms. The van der Waals surface area contributed by atoms with Crippen molar-refractivity contribution in [2.75, 3.05) is 6.61 Å². The van der Waals surface area contributed by atoms with Gasteiger partial charge in [-0.1, -0.05) is 36.4 Å². The van der Waals surface area contributed by atoms with Gasteiger partial charge >= 0.3 is 30.8 Å². The van der Waals surface area contributed by atoms with E-state index in [4.69, 9.17) is 4.74 Å². The number of nitrogens with zero attached hydrogens (tertiary/aromatic N) is 6. The minimum atomic E-state index is -1.01. The summed E-state index contributed by atoms with van der Waals surface area (Å²) in [4.78, 5) is 31.2. The molecule has 6 aromatic rings. The number of para-hydroxylation sites is 2. The third kappa shape index (κ3) is 7.08. The molecule has 42 heavy (non-hydrogen) atoms. The van der Waals surface area contributed by atoms with Crippen molar-refractivity contribution in [3.05, 3.63) is 120 Å². The molecule has 12 heteroatoms. The Morgan fingerprint density at radius 3 is 1.60 bits per heavy atom. The molecule has 0 bridgehead atoms. The predicted octanol–water partition coefficient (Wildman–Crippen LogP) is 1.66. The van der Waals surface area contributed by atoms with Crippen LogP contribution >= 0.6 is 0 Å². The van der Waals surface area contributed by atoms with Crippen LogP contribution in [0.25, 0.3) is 21.8 Å². The topological polar surface area (TPSA) is 155 Å². The Labute approximate surface area is 253 Å². The van der Waals surface area contributed by atoms with Crippen LogP contribution in [0.15, 0.2) is 97.6 Å². The number of benzene rings is 2. The molecule has 0 unspecified atom stereocenters. The number of hydrogen-bond acceptors (Lipinski definition) is 8. The maximum Gasteiger partial charge on any atom is 1.00 e. The maximum atomic E-state index is 12.0. The molecule has 0 atom stereocenters. The van der Waals surface area contributed by atoms with Crippen LogP contribution in [0, 0.1) is 0 Å². The minimum Gasteiger partial charge on any atom is -0.870 e. The van der Waals surface area contributed by atoms with Crippen LogP contribution < -0.4 is 18.9 Å². The number of esters is 1. The van der Waals surface area contributed by atoms with Crippen molar-refractivity contribution in [3.8, 4) is 0 Å². The smallest absolute Gasteiger partial charge is 0.870 e. The van der Waals surface area contributed by atoms with E-state index in [1.807, 2.05) is 71.4 Å². The standard InChI is InChI=1S/C16H15N3O2.C14H11N3O2.Li.H2O/c1-2-21-16(20)15-13-5-3-4-6-14(13)19(18-15)11-12-7-9-17-10-8-12;18-14(19)13-11-3-1-2-4-12(11)17(16-13)9-10-5-7-15-8-6-10;;/h3-10H,2,11H2,1H3;1-8H,9H2,(H,18,19);;1H2/q;;+1;/p-1. The van der Waals surface area contributed by atoms with Crippen LogP contribution in [0.4, 0.5) is 0 Å². The first-order valence-electron chi connectivity index (χ1n) is 12.6. The van der Waals surface area contributed by atoms with Gasteiger partial charge < -0.3 is 15.3 Å². The molecule has 0 aliphatic rings. The fourth-order valence-electron chi connectivity index (χ4n) is 4.33. The minimum absolute atomic E-state index is 0. The van der Waals surface area contributed by atoms with E-state index in [1.165, 1.54) is 0 Å². The van der Waals surface area contributed by atoms with Crippen molar-refractivity contribution in [2.24, 2.45) is 0 Å². The van der Waals surface area contributed by atoms with Gasteiger partial charge in [0.15, 0.2) is 11.4 Å². The number of rotatable bonds is 7. The summed E-state index contributed by atoms with van der Waals surface area (Å²) in [6.07, 6.45) is 6.90.